The first-order valence-electron chi connectivity index (χ1n) is 8.34. The summed E-state index contributed by atoms with van der Waals surface area (Å²) in [6, 6.07) is 9.84. The van der Waals surface area contributed by atoms with Crippen molar-refractivity contribution >= 4 is 11.9 Å². The summed E-state index contributed by atoms with van der Waals surface area (Å²) in [7, 11) is 0. The Kier molecular flexibility index (Phi) is 7.79. The van der Waals surface area contributed by atoms with Crippen molar-refractivity contribution < 1.29 is 19.1 Å². The molecule has 0 bridgehead atoms. The highest BCUT2D eigenvalue weighted by Gasteiger charge is 2.48. The summed E-state index contributed by atoms with van der Waals surface area (Å²) in [6.45, 7) is 8.00. The van der Waals surface area contributed by atoms with E-state index in [0.29, 0.717) is 19.3 Å². The molecule has 1 aromatic rings. The molecule has 0 fully saturated rings. The molecular formula is C19H28O4. The fourth-order valence-corrected chi connectivity index (χ4v) is 2.79. The number of aryl methyl sites for hydroxylation is 1. The Morgan fingerprint density at radius 3 is 1.96 bits per heavy atom. The lowest BCUT2D eigenvalue weighted by Crippen LogP contribution is -2.43. The molecule has 0 aliphatic rings. The van der Waals surface area contributed by atoms with E-state index in [2.05, 4.69) is 0 Å². The smallest absolute Gasteiger partial charge is 0.323 e. The van der Waals surface area contributed by atoms with E-state index in [-0.39, 0.29) is 19.1 Å². The summed E-state index contributed by atoms with van der Waals surface area (Å²) < 4.78 is 10.4. The molecular weight excluding hydrogens is 292 g/mol. The van der Waals surface area contributed by atoms with Gasteiger partial charge in [-0.1, -0.05) is 44.2 Å². The minimum absolute atomic E-state index is 0.180. The van der Waals surface area contributed by atoms with Crippen LogP contribution in [0, 0.1) is 11.3 Å². The van der Waals surface area contributed by atoms with Crippen molar-refractivity contribution in [2.45, 2.75) is 47.0 Å². The van der Waals surface area contributed by atoms with Gasteiger partial charge in [-0.05, 0) is 44.6 Å². The summed E-state index contributed by atoms with van der Waals surface area (Å²) in [4.78, 5) is 25.2. The Hall–Kier alpha value is -1.84. The molecule has 0 atom stereocenters. The SMILES string of the molecule is CCOC(=O)C(CCc1ccccc1)(CC(C)C)C(=O)OCC. The third kappa shape index (κ3) is 5.38. The molecule has 0 unspecified atom stereocenters. The lowest BCUT2D eigenvalue weighted by molar-refractivity contribution is -0.174. The van der Waals surface area contributed by atoms with Gasteiger partial charge in [-0.2, -0.15) is 0 Å². The molecule has 0 amide bonds. The topological polar surface area (TPSA) is 52.6 Å². The number of esters is 2. The Morgan fingerprint density at radius 2 is 1.52 bits per heavy atom. The third-order valence-corrected chi connectivity index (χ3v) is 3.77. The maximum Gasteiger partial charge on any atom is 0.323 e. The first kappa shape index (κ1) is 19.2. The molecule has 23 heavy (non-hydrogen) atoms. The van der Waals surface area contributed by atoms with Crippen LogP contribution in [0.3, 0.4) is 0 Å². The molecule has 0 N–H and O–H groups in total. The van der Waals surface area contributed by atoms with Crippen molar-refractivity contribution in [3.63, 3.8) is 0 Å². The summed E-state index contributed by atoms with van der Waals surface area (Å²) in [5, 5.41) is 0. The van der Waals surface area contributed by atoms with Gasteiger partial charge in [0.2, 0.25) is 0 Å². The van der Waals surface area contributed by atoms with E-state index < -0.39 is 17.4 Å². The monoisotopic (exact) mass is 320 g/mol. The van der Waals surface area contributed by atoms with Gasteiger partial charge in [-0.3, -0.25) is 9.59 Å². The van der Waals surface area contributed by atoms with Crippen LogP contribution in [0.25, 0.3) is 0 Å². The number of carbonyl (C=O) groups is 2. The van der Waals surface area contributed by atoms with Crippen molar-refractivity contribution in [2.75, 3.05) is 13.2 Å². The maximum atomic E-state index is 12.6. The van der Waals surface area contributed by atoms with Crippen LogP contribution in [0.2, 0.25) is 0 Å². The molecule has 0 saturated heterocycles. The first-order chi connectivity index (χ1) is 11.0. The lowest BCUT2D eigenvalue weighted by Gasteiger charge is -2.30. The zero-order chi connectivity index (χ0) is 17.3. The highest BCUT2D eigenvalue weighted by Crippen LogP contribution is 2.35. The van der Waals surface area contributed by atoms with E-state index >= 15 is 0 Å². The number of rotatable bonds is 9. The average molecular weight is 320 g/mol. The van der Waals surface area contributed by atoms with Gasteiger partial charge in [0.1, 0.15) is 0 Å². The van der Waals surface area contributed by atoms with Crippen molar-refractivity contribution in [1.29, 1.82) is 0 Å². The predicted molar refractivity (Wildman–Crippen MR) is 89.9 cm³/mol. The number of ether oxygens (including phenoxy) is 2. The quantitative estimate of drug-likeness (QED) is 0.513. The highest BCUT2D eigenvalue weighted by molar-refractivity contribution is 6.00. The standard InChI is InChI=1S/C19H28O4/c1-5-22-17(20)19(14-15(3)4,18(21)23-6-2)13-12-16-10-8-7-9-11-16/h7-11,15H,5-6,12-14H2,1-4H3. The molecule has 0 radical (unpaired) electrons. The molecule has 0 aliphatic heterocycles. The molecule has 0 saturated carbocycles. The first-order valence-corrected chi connectivity index (χ1v) is 8.34. The third-order valence-electron chi connectivity index (χ3n) is 3.77. The molecule has 0 aliphatic carbocycles. The predicted octanol–water partition coefficient (Wildman–Crippen LogP) is 3.78. The Morgan fingerprint density at radius 1 is 1.00 bits per heavy atom. The lowest BCUT2D eigenvalue weighted by atomic mass is 9.75. The van der Waals surface area contributed by atoms with Crippen LogP contribution in [0.4, 0.5) is 0 Å². The van der Waals surface area contributed by atoms with Gasteiger partial charge < -0.3 is 9.47 Å². The van der Waals surface area contributed by atoms with Gasteiger partial charge in [-0.25, -0.2) is 0 Å². The summed E-state index contributed by atoms with van der Waals surface area (Å²) in [6.07, 6.45) is 1.45. The van der Waals surface area contributed by atoms with Crippen molar-refractivity contribution in [3.05, 3.63) is 35.9 Å². The Balaban J connectivity index is 3.08. The molecule has 0 spiro atoms. The van der Waals surface area contributed by atoms with Gasteiger partial charge in [0.25, 0.3) is 0 Å². The molecule has 0 aromatic heterocycles. The van der Waals surface area contributed by atoms with E-state index in [1.54, 1.807) is 13.8 Å². The fourth-order valence-electron chi connectivity index (χ4n) is 2.79. The minimum atomic E-state index is -1.23. The number of hydrogen-bond donors (Lipinski definition) is 0. The number of benzene rings is 1. The van der Waals surface area contributed by atoms with Gasteiger partial charge in [0.05, 0.1) is 13.2 Å². The van der Waals surface area contributed by atoms with Gasteiger partial charge in [-0.15, -0.1) is 0 Å². The summed E-state index contributed by atoms with van der Waals surface area (Å²) >= 11 is 0. The van der Waals surface area contributed by atoms with E-state index in [0.717, 1.165) is 5.56 Å². The highest BCUT2D eigenvalue weighted by atomic mass is 16.6. The van der Waals surface area contributed by atoms with Crippen LogP contribution >= 0.6 is 0 Å². The second kappa shape index (κ2) is 9.33. The molecule has 0 heterocycles. The van der Waals surface area contributed by atoms with Crippen LogP contribution < -0.4 is 0 Å². The van der Waals surface area contributed by atoms with Crippen LogP contribution in [0.1, 0.15) is 46.1 Å². The van der Waals surface area contributed by atoms with Crippen LogP contribution in [-0.2, 0) is 25.5 Å². The van der Waals surface area contributed by atoms with Crippen LogP contribution in [0.5, 0.6) is 0 Å². The fraction of sp³-hybridized carbons (Fsp3) is 0.579. The zero-order valence-electron chi connectivity index (χ0n) is 14.6. The van der Waals surface area contributed by atoms with Gasteiger partial charge in [0.15, 0.2) is 5.41 Å². The molecule has 4 nitrogen and oxygen atoms in total. The molecule has 1 rings (SSSR count). The molecule has 4 heteroatoms. The largest absolute Gasteiger partial charge is 0.465 e. The Labute approximate surface area is 139 Å². The van der Waals surface area contributed by atoms with E-state index in [4.69, 9.17) is 9.47 Å². The van der Waals surface area contributed by atoms with Gasteiger partial charge in [0, 0.05) is 0 Å². The molecule has 1 aromatic carbocycles. The van der Waals surface area contributed by atoms with E-state index in [1.165, 1.54) is 0 Å². The number of hydrogen-bond acceptors (Lipinski definition) is 4. The van der Waals surface area contributed by atoms with Crippen molar-refractivity contribution in [1.82, 2.24) is 0 Å². The molecule has 128 valence electrons. The number of carbonyl (C=O) groups excluding carboxylic acids is 2. The van der Waals surface area contributed by atoms with Crippen molar-refractivity contribution in [3.8, 4) is 0 Å². The second-order valence-corrected chi connectivity index (χ2v) is 6.11. The average Bonchev–Trinajstić information content (AvgIpc) is 2.52. The minimum Gasteiger partial charge on any atom is -0.465 e. The summed E-state index contributed by atoms with van der Waals surface area (Å²) in [5.74, 6) is -0.759. The van der Waals surface area contributed by atoms with Gasteiger partial charge >= 0.3 is 11.9 Å². The van der Waals surface area contributed by atoms with Crippen LogP contribution in [0.15, 0.2) is 30.3 Å². The zero-order valence-corrected chi connectivity index (χ0v) is 14.6. The second-order valence-electron chi connectivity index (χ2n) is 6.11. The summed E-state index contributed by atoms with van der Waals surface area (Å²) in [5.41, 5.74) is -0.134. The van der Waals surface area contributed by atoms with E-state index in [1.807, 2.05) is 44.2 Å². The normalized spacial score (nSPS) is 11.3. The van der Waals surface area contributed by atoms with E-state index in [9.17, 15) is 9.59 Å². The van der Waals surface area contributed by atoms with Crippen molar-refractivity contribution in [2.24, 2.45) is 11.3 Å². The maximum absolute atomic E-state index is 12.6. The Bertz CT molecular complexity index is 475. The van der Waals surface area contributed by atoms with Crippen LogP contribution in [-0.4, -0.2) is 25.2 Å².